The molecular formula is C25H27N3O3. The van der Waals surface area contributed by atoms with E-state index in [1.54, 1.807) is 13.3 Å². The van der Waals surface area contributed by atoms with E-state index in [0.717, 1.165) is 34.5 Å². The first-order valence-electron chi connectivity index (χ1n) is 10.4. The molecule has 1 fully saturated rings. The molecule has 6 heteroatoms. The Labute approximate surface area is 182 Å². The van der Waals surface area contributed by atoms with Crippen molar-refractivity contribution in [1.29, 1.82) is 0 Å². The number of nitrogens with zero attached hydrogens (tertiary/aromatic N) is 2. The Balaban J connectivity index is 1.54. The third kappa shape index (κ3) is 4.93. The number of carbonyl (C=O) groups is 1. The fraction of sp³-hybridized carbons (Fsp3) is 0.280. The van der Waals surface area contributed by atoms with Crippen molar-refractivity contribution in [2.24, 2.45) is 5.73 Å². The van der Waals surface area contributed by atoms with Crippen molar-refractivity contribution in [2.45, 2.75) is 18.6 Å². The van der Waals surface area contributed by atoms with Crippen molar-refractivity contribution < 1.29 is 14.3 Å². The van der Waals surface area contributed by atoms with E-state index in [9.17, 15) is 4.79 Å². The largest absolute Gasteiger partial charge is 0.497 e. The van der Waals surface area contributed by atoms with Crippen molar-refractivity contribution >= 4 is 5.91 Å². The van der Waals surface area contributed by atoms with Gasteiger partial charge in [0.25, 0.3) is 5.91 Å². The standard InChI is InChI=1S/C25H27N3O3/c1-30-23-9-3-6-20(14-23)17-28-11-12-31-25(18-28,24(26)29)15-19-5-2-7-21(13-19)22-8-4-10-27-16-22/h2-10,13-14,16H,11-12,15,17-18H2,1H3,(H2,26,29)/t25-/m0/s1. The number of ether oxygens (including phenoxy) is 2. The molecule has 160 valence electrons. The first kappa shape index (κ1) is 21.0. The molecule has 0 spiro atoms. The average Bonchev–Trinajstić information content (AvgIpc) is 2.80. The summed E-state index contributed by atoms with van der Waals surface area (Å²) in [4.78, 5) is 19.0. The number of pyridine rings is 1. The Hall–Kier alpha value is -3.22. The number of hydrogen-bond donors (Lipinski definition) is 1. The Bertz CT molecular complexity index is 1040. The van der Waals surface area contributed by atoms with E-state index in [1.807, 2.05) is 54.7 Å². The Kier molecular flexibility index (Phi) is 6.30. The van der Waals surface area contributed by atoms with Crippen LogP contribution in [0.15, 0.2) is 73.1 Å². The Morgan fingerprint density at radius 2 is 1.94 bits per heavy atom. The van der Waals surface area contributed by atoms with Gasteiger partial charge in [0, 0.05) is 38.4 Å². The molecule has 1 amide bonds. The van der Waals surface area contributed by atoms with Gasteiger partial charge in [-0.3, -0.25) is 14.7 Å². The molecule has 4 rings (SSSR count). The molecule has 1 aliphatic heterocycles. The summed E-state index contributed by atoms with van der Waals surface area (Å²) in [6.45, 7) is 2.33. The lowest BCUT2D eigenvalue weighted by Crippen LogP contribution is -2.59. The number of carbonyl (C=O) groups excluding carboxylic acids is 1. The van der Waals surface area contributed by atoms with Gasteiger partial charge in [-0.2, -0.15) is 0 Å². The SMILES string of the molecule is COc1cccc(CN2CCO[C@](Cc3cccc(-c4cccnc4)c3)(C(N)=O)C2)c1. The maximum Gasteiger partial charge on any atom is 0.251 e. The fourth-order valence-corrected chi connectivity index (χ4v) is 4.09. The third-order valence-electron chi connectivity index (χ3n) is 5.67. The molecule has 1 aliphatic rings. The molecule has 31 heavy (non-hydrogen) atoms. The number of benzene rings is 2. The van der Waals surface area contributed by atoms with E-state index in [0.29, 0.717) is 26.1 Å². The molecule has 0 radical (unpaired) electrons. The van der Waals surface area contributed by atoms with Gasteiger partial charge in [0.1, 0.15) is 5.75 Å². The minimum Gasteiger partial charge on any atom is -0.497 e. The predicted molar refractivity (Wildman–Crippen MR) is 120 cm³/mol. The lowest BCUT2D eigenvalue weighted by atomic mass is 9.90. The van der Waals surface area contributed by atoms with Crippen molar-refractivity contribution in [3.8, 4) is 16.9 Å². The molecule has 2 heterocycles. The van der Waals surface area contributed by atoms with Crippen LogP contribution < -0.4 is 10.5 Å². The summed E-state index contributed by atoms with van der Waals surface area (Å²) >= 11 is 0. The molecule has 1 atom stereocenters. The van der Waals surface area contributed by atoms with Gasteiger partial charge < -0.3 is 15.2 Å². The highest BCUT2D eigenvalue weighted by atomic mass is 16.5. The number of aromatic nitrogens is 1. The van der Waals surface area contributed by atoms with Gasteiger partial charge in [-0.15, -0.1) is 0 Å². The van der Waals surface area contributed by atoms with Gasteiger partial charge in [-0.25, -0.2) is 0 Å². The molecule has 1 aromatic heterocycles. The molecule has 0 bridgehead atoms. The maximum atomic E-state index is 12.6. The maximum absolute atomic E-state index is 12.6. The van der Waals surface area contributed by atoms with Gasteiger partial charge in [0.15, 0.2) is 5.60 Å². The highest BCUT2D eigenvalue weighted by Crippen LogP contribution is 2.27. The topological polar surface area (TPSA) is 77.7 Å². The van der Waals surface area contributed by atoms with E-state index in [4.69, 9.17) is 15.2 Å². The lowest BCUT2D eigenvalue weighted by Gasteiger charge is -2.41. The first-order valence-corrected chi connectivity index (χ1v) is 10.4. The molecule has 2 aromatic carbocycles. The van der Waals surface area contributed by atoms with Crippen LogP contribution in [0, 0.1) is 0 Å². The summed E-state index contributed by atoms with van der Waals surface area (Å²) in [6.07, 6.45) is 4.00. The first-order chi connectivity index (χ1) is 15.1. The van der Waals surface area contributed by atoms with Crippen LogP contribution in [0.4, 0.5) is 0 Å². The van der Waals surface area contributed by atoms with Crippen molar-refractivity contribution in [1.82, 2.24) is 9.88 Å². The van der Waals surface area contributed by atoms with Gasteiger partial charge in [0.05, 0.1) is 13.7 Å². The van der Waals surface area contributed by atoms with Gasteiger partial charge in [0.2, 0.25) is 0 Å². The third-order valence-corrected chi connectivity index (χ3v) is 5.67. The van der Waals surface area contributed by atoms with Crippen LogP contribution in [0.25, 0.3) is 11.1 Å². The van der Waals surface area contributed by atoms with E-state index < -0.39 is 11.5 Å². The molecule has 0 unspecified atom stereocenters. The number of hydrogen-bond acceptors (Lipinski definition) is 5. The number of nitrogens with two attached hydrogens (primary N) is 1. The van der Waals surface area contributed by atoms with E-state index in [1.165, 1.54) is 0 Å². The number of morpholine rings is 1. The van der Waals surface area contributed by atoms with Gasteiger partial charge in [-0.1, -0.05) is 42.5 Å². The number of primary amides is 1. The Morgan fingerprint density at radius 1 is 1.13 bits per heavy atom. The second kappa shape index (κ2) is 9.29. The fourth-order valence-electron chi connectivity index (χ4n) is 4.09. The minimum atomic E-state index is -1.06. The number of methoxy groups -OCH3 is 1. The summed E-state index contributed by atoms with van der Waals surface area (Å²) < 4.78 is 11.4. The van der Waals surface area contributed by atoms with Crippen molar-refractivity contribution in [3.63, 3.8) is 0 Å². The predicted octanol–water partition coefficient (Wildman–Crippen LogP) is 3.06. The Morgan fingerprint density at radius 3 is 2.71 bits per heavy atom. The number of amides is 1. The highest BCUT2D eigenvalue weighted by Gasteiger charge is 2.42. The van der Waals surface area contributed by atoms with Gasteiger partial charge in [-0.05, 0) is 40.5 Å². The molecule has 1 saturated heterocycles. The second-order valence-electron chi connectivity index (χ2n) is 7.89. The van der Waals surface area contributed by atoms with Crippen LogP contribution in [-0.4, -0.2) is 48.2 Å². The lowest BCUT2D eigenvalue weighted by molar-refractivity contribution is -0.157. The zero-order valence-electron chi connectivity index (χ0n) is 17.7. The smallest absolute Gasteiger partial charge is 0.251 e. The molecular weight excluding hydrogens is 390 g/mol. The summed E-state index contributed by atoms with van der Waals surface area (Å²) in [6, 6.07) is 20.0. The van der Waals surface area contributed by atoms with Crippen LogP contribution in [0.5, 0.6) is 5.75 Å². The minimum absolute atomic E-state index is 0.422. The summed E-state index contributed by atoms with van der Waals surface area (Å²) in [5.74, 6) is 0.383. The molecule has 6 nitrogen and oxygen atoms in total. The summed E-state index contributed by atoms with van der Waals surface area (Å²) in [5, 5.41) is 0. The molecule has 0 aliphatic carbocycles. The van der Waals surface area contributed by atoms with Gasteiger partial charge >= 0.3 is 0 Å². The van der Waals surface area contributed by atoms with Crippen molar-refractivity contribution in [3.05, 3.63) is 84.2 Å². The zero-order valence-corrected chi connectivity index (χ0v) is 17.7. The molecule has 2 N–H and O–H groups in total. The van der Waals surface area contributed by atoms with E-state index >= 15 is 0 Å². The summed E-state index contributed by atoms with van der Waals surface area (Å²) in [7, 11) is 1.66. The number of rotatable bonds is 7. The summed E-state index contributed by atoms with van der Waals surface area (Å²) in [5.41, 5.74) is 9.02. The molecule has 0 saturated carbocycles. The van der Waals surface area contributed by atoms with Crippen LogP contribution >= 0.6 is 0 Å². The zero-order chi connectivity index (χ0) is 21.7. The normalized spacial score (nSPS) is 19.1. The second-order valence-corrected chi connectivity index (χ2v) is 7.89. The van der Waals surface area contributed by atoms with Crippen LogP contribution in [0.3, 0.4) is 0 Å². The van der Waals surface area contributed by atoms with E-state index in [-0.39, 0.29) is 0 Å². The van der Waals surface area contributed by atoms with Crippen LogP contribution in [-0.2, 0) is 22.5 Å². The van der Waals surface area contributed by atoms with E-state index in [2.05, 4.69) is 22.0 Å². The monoisotopic (exact) mass is 417 g/mol. The van der Waals surface area contributed by atoms with Crippen LogP contribution in [0.2, 0.25) is 0 Å². The average molecular weight is 418 g/mol. The van der Waals surface area contributed by atoms with Crippen molar-refractivity contribution in [2.75, 3.05) is 26.8 Å². The highest BCUT2D eigenvalue weighted by molar-refractivity contribution is 5.84. The molecule has 3 aromatic rings. The van der Waals surface area contributed by atoms with Crippen LogP contribution in [0.1, 0.15) is 11.1 Å². The quantitative estimate of drug-likeness (QED) is 0.639.